The normalized spacial score (nSPS) is 10.5. The number of nitrogens with one attached hydrogen (secondary N) is 1. The lowest BCUT2D eigenvalue weighted by molar-refractivity contribution is 0.0950. The third kappa shape index (κ3) is 4.53. The molecule has 1 amide bonds. The molecule has 0 atom stereocenters. The number of anilines is 1. The van der Waals surface area contributed by atoms with E-state index in [9.17, 15) is 14.4 Å². The van der Waals surface area contributed by atoms with E-state index in [2.05, 4.69) is 16.5 Å². The summed E-state index contributed by atoms with van der Waals surface area (Å²) in [6.45, 7) is 0.350. The summed E-state index contributed by atoms with van der Waals surface area (Å²) in [7, 11) is 1.48. The Labute approximate surface area is 177 Å². The first-order valence-corrected chi connectivity index (χ1v) is 9.47. The Bertz CT molecular complexity index is 1110. The van der Waals surface area contributed by atoms with Gasteiger partial charge in [-0.25, -0.2) is 9.07 Å². The van der Waals surface area contributed by atoms with Gasteiger partial charge < -0.3 is 15.8 Å². The number of hydrogen-bond acceptors (Lipinski definition) is 5. The Morgan fingerprint density at radius 3 is 2.73 bits per heavy atom. The van der Waals surface area contributed by atoms with Crippen LogP contribution < -0.4 is 15.8 Å². The summed E-state index contributed by atoms with van der Waals surface area (Å²) < 4.78 is 19.7. The summed E-state index contributed by atoms with van der Waals surface area (Å²) in [5.74, 6) is -0.0789. The molecule has 1 aromatic heterocycles. The molecule has 7 nitrogen and oxygen atoms in total. The number of ether oxygens (including phenoxy) is 1. The van der Waals surface area contributed by atoms with Crippen LogP contribution >= 0.6 is 11.6 Å². The summed E-state index contributed by atoms with van der Waals surface area (Å²) in [6, 6.07) is 12.5. The van der Waals surface area contributed by atoms with Gasteiger partial charge in [0.15, 0.2) is 0 Å². The van der Waals surface area contributed by atoms with Crippen LogP contribution in [0.3, 0.4) is 0 Å². The molecule has 3 N–H and O–H groups in total. The van der Waals surface area contributed by atoms with Crippen LogP contribution in [0.4, 0.5) is 10.2 Å². The van der Waals surface area contributed by atoms with Gasteiger partial charge in [-0.05, 0) is 55.3 Å². The number of carbonyl (C=O) groups is 1. The predicted molar refractivity (Wildman–Crippen MR) is 111 cm³/mol. The van der Waals surface area contributed by atoms with Crippen molar-refractivity contribution in [3.63, 3.8) is 0 Å². The average Bonchev–Trinajstić information content (AvgIpc) is 3.06. The fraction of sp³-hybridized carbons (Fsp3) is 0.190. The lowest BCUT2D eigenvalue weighted by atomic mass is 10.1. The Morgan fingerprint density at radius 1 is 1.33 bits per heavy atom. The maximum atomic E-state index is 13.2. The predicted octanol–water partition coefficient (Wildman–Crippen LogP) is 3.49. The number of nitrogen functional groups attached to an aromatic ring is 1. The van der Waals surface area contributed by atoms with E-state index in [1.165, 1.54) is 42.1 Å². The maximum Gasteiger partial charge on any atom is 0.255 e. The number of carbonyl (C=O) groups excluding carboxylic acids is 1. The first-order chi connectivity index (χ1) is 14.4. The highest BCUT2D eigenvalue weighted by Gasteiger charge is 2.17. The second-order valence-corrected chi connectivity index (χ2v) is 6.85. The van der Waals surface area contributed by atoms with Crippen molar-refractivity contribution in [2.45, 2.75) is 12.8 Å². The van der Waals surface area contributed by atoms with E-state index in [0.29, 0.717) is 47.1 Å². The molecule has 2 aromatic carbocycles. The van der Waals surface area contributed by atoms with Gasteiger partial charge >= 0.3 is 0 Å². The van der Waals surface area contributed by atoms with Crippen molar-refractivity contribution in [1.29, 1.82) is 5.26 Å². The number of nitrogens with zero attached hydrogens (tertiary/aromatic N) is 3. The van der Waals surface area contributed by atoms with Crippen molar-refractivity contribution in [1.82, 2.24) is 15.1 Å². The van der Waals surface area contributed by atoms with Gasteiger partial charge in [0.2, 0.25) is 0 Å². The van der Waals surface area contributed by atoms with Crippen LogP contribution in [0.15, 0.2) is 42.5 Å². The standard InChI is InChI=1S/C21H19ClFN5O2/c1-30-19-9-4-13(22)11-16(19)21(29)26-10-2-3-18-17(12-24)20(25)28(27-18)15-7-5-14(23)6-8-15/h4-9,11H,2-3,10,25H2,1H3,(H,26,29). The summed E-state index contributed by atoms with van der Waals surface area (Å²) in [5.41, 5.74) is 7.72. The van der Waals surface area contributed by atoms with E-state index in [-0.39, 0.29) is 23.1 Å². The Balaban J connectivity index is 1.66. The van der Waals surface area contributed by atoms with Crippen molar-refractivity contribution in [2.75, 3.05) is 19.4 Å². The van der Waals surface area contributed by atoms with Gasteiger partial charge in [-0.2, -0.15) is 10.4 Å². The van der Waals surface area contributed by atoms with Crippen molar-refractivity contribution >= 4 is 23.3 Å². The van der Waals surface area contributed by atoms with E-state index in [1.54, 1.807) is 12.1 Å². The topological polar surface area (TPSA) is 106 Å². The van der Waals surface area contributed by atoms with Gasteiger partial charge in [0.25, 0.3) is 5.91 Å². The van der Waals surface area contributed by atoms with Gasteiger partial charge in [-0.15, -0.1) is 0 Å². The summed E-state index contributed by atoms with van der Waals surface area (Å²) in [5, 5.41) is 17.1. The van der Waals surface area contributed by atoms with E-state index >= 15 is 0 Å². The molecule has 0 saturated carbocycles. The van der Waals surface area contributed by atoms with Crippen molar-refractivity contribution in [2.24, 2.45) is 0 Å². The Hall–Kier alpha value is -3.57. The van der Waals surface area contributed by atoms with Gasteiger partial charge in [0.05, 0.1) is 24.1 Å². The number of nitrogens with two attached hydrogens (primary N) is 1. The molecule has 0 aliphatic carbocycles. The minimum Gasteiger partial charge on any atom is -0.496 e. The number of hydrogen-bond donors (Lipinski definition) is 2. The molecule has 154 valence electrons. The number of aromatic nitrogens is 2. The molecule has 0 spiro atoms. The molecule has 0 unspecified atom stereocenters. The van der Waals surface area contributed by atoms with Crippen LogP contribution in [-0.2, 0) is 6.42 Å². The molecule has 0 bridgehead atoms. The highest BCUT2D eigenvalue weighted by molar-refractivity contribution is 6.31. The van der Waals surface area contributed by atoms with Crippen molar-refractivity contribution < 1.29 is 13.9 Å². The molecular weight excluding hydrogens is 409 g/mol. The second-order valence-electron chi connectivity index (χ2n) is 6.41. The molecule has 3 aromatic rings. The molecule has 0 aliphatic rings. The van der Waals surface area contributed by atoms with Crippen molar-refractivity contribution in [3.05, 3.63) is 70.1 Å². The molecule has 0 aliphatic heterocycles. The number of nitriles is 1. The average molecular weight is 428 g/mol. The fourth-order valence-electron chi connectivity index (χ4n) is 2.96. The summed E-state index contributed by atoms with van der Waals surface area (Å²) in [6.07, 6.45) is 0.956. The molecule has 1 heterocycles. The first kappa shape index (κ1) is 21.1. The van der Waals surface area contributed by atoms with Crippen LogP contribution in [0.5, 0.6) is 5.75 Å². The van der Waals surface area contributed by atoms with Gasteiger partial charge in [-0.3, -0.25) is 4.79 Å². The molecule has 3 rings (SSSR count). The number of methoxy groups -OCH3 is 1. The molecular formula is C21H19ClFN5O2. The number of amides is 1. The quantitative estimate of drug-likeness (QED) is 0.561. The van der Waals surface area contributed by atoms with Gasteiger partial charge in [-0.1, -0.05) is 11.6 Å². The molecule has 0 saturated heterocycles. The van der Waals surface area contributed by atoms with Gasteiger partial charge in [0, 0.05) is 11.6 Å². The zero-order valence-corrected chi connectivity index (χ0v) is 16.9. The number of benzene rings is 2. The fourth-order valence-corrected chi connectivity index (χ4v) is 3.14. The third-order valence-electron chi connectivity index (χ3n) is 4.46. The Morgan fingerprint density at radius 2 is 2.07 bits per heavy atom. The highest BCUT2D eigenvalue weighted by Crippen LogP contribution is 2.23. The SMILES string of the molecule is COc1ccc(Cl)cc1C(=O)NCCCc1nn(-c2ccc(F)cc2)c(N)c1C#N. The van der Waals surface area contributed by atoms with Crippen LogP contribution in [0.25, 0.3) is 5.69 Å². The zero-order chi connectivity index (χ0) is 21.7. The largest absolute Gasteiger partial charge is 0.496 e. The van der Waals surface area contributed by atoms with E-state index in [1.807, 2.05) is 0 Å². The molecule has 0 radical (unpaired) electrons. The van der Waals surface area contributed by atoms with Crippen LogP contribution in [0, 0.1) is 17.1 Å². The van der Waals surface area contributed by atoms with E-state index < -0.39 is 0 Å². The summed E-state index contributed by atoms with van der Waals surface area (Å²) in [4.78, 5) is 12.4. The van der Waals surface area contributed by atoms with E-state index in [4.69, 9.17) is 22.1 Å². The molecule has 0 fully saturated rings. The first-order valence-electron chi connectivity index (χ1n) is 9.09. The second kappa shape index (κ2) is 9.29. The lowest BCUT2D eigenvalue weighted by Crippen LogP contribution is -2.25. The van der Waals surface area contributed by atoms with Crippen LogP contribution in [0.1, 0.15) is 28.0 Å². The lowest BCUT2D eigenvalue weighted by Gasteiger charge is -2.09. The number of aryl methyl sites for hydroxylation is 1. The molecule has 9 heteroatoms. The summed E-state index contributed by atoms with van der Waals surface area (Å²) >= 11 is 5.96. The Kier molecular flexibility index (Phi) is 6.54. The zero-order valence-electron chi connectivity index (χ0n) is 16.2. The van der Waals surface area contributed by atoms with E-state index in [0.717, 1.165) is 0 Å². The molecule has 30 heavy (non-hydrogen) atoms. The van der Waals surface area contributed by atoms with Crippen LogP contribution in [-0.4, -0.2) is 29.3 Å². The third-order valence-corrected chi connectivity index (χ3v) is 4.69. The van der Waals surface area contributed by atoms with Gasteiger partial charge in [0.1, 0.15) is 29.0 Å². The minimum absolute atomic E-state index is 0.187. The number of rotatable bonds is 7. The van der Waals surface area contributed by atoms with Crippen LogP contribution in [0.2, 0.25) is 5.02 Å². The number of halogens is 2. The smallest absolute Gasteiger partial charge is 0.255 e. The monoisotopic (exact) mass is 427 g/mol. The highest BCUT2D eigenvalue weighted by atomic mass is 35.5. The minimum atomic E-state index is -0.378. The maximum absolute atomic E-state index is 13.2. The van der Waals surface area contributed by atoms with Crippen molar-refractivity contribution in [3.8, 4) is 17.5 Å².